The van der Waals surface area contributed by atoms with Gasteiger partial charge in [-0.3, -0.25) is 10.1 Å². The van der Waals surface area contributed by atoms with Gasteiger partial charge in [0, 0.05) is 29.8 Å². The van der Waals surface area contributed by atoms with Crippen LogP contribution in [-0.4, -0.2) is 29.7 Å². The predicted molar refractivity (Wildman–Crippen MR) is 121 cm³/mol. The lowest BCUT2D eigenvalue weighted by Crippen LogP contribution is -2.24. The van der Waals surface area contributed by atoms with Crippen molar-refractivity contribution in [2.75, 3.05) is 19.7 Å². The Hall–Kier alpha value is -2.60. The van der Waals surface area contributed by atoms with Gasteiger partial charge in [-0.2, -0.15) is 0 Å². The second kappa shape index (κ2) is 9.47. The number of nitro benzene ring substituents is 1. The molecule has 0 aliphatic heterocycles. The second-order valence-corrected chi connectivity index (χ2v) is 9.64. The molecule has 0 bridgehead atoms. The van der Waals surface area contributed by atoms with Gasteiger partial charge in [0.15, 0.2) is 0 Å². The number of nitrogens with one attached hydrogen (secondary N) is 1. The summed E-state index contributed by atoms with van der Waals surface area (Å²) in [5.41, 5.74) is 2.56. The van der Waals surface area contributed by atoms with Crippen LogP contribution >= 0.6 is 0 Å². The zero-order valence-electron chi connectivity index (χ0n) is 18.9. The molecule has 2 N–H and O–H groups in total. The molecule has 6 nitrogen and oxygen atoms in total. The van der Waals surface area contributed by atoms with Crippen LogP contribution < -0.4 is 10.1 Å². The lowest BCUT2D eigenvalue weighted by Gasteiger charge is -2.28. The van der Waals surface area contributed by atoms with E-state index in [-0.39, 0.29) is 16.5 Å². The Labute approximate surface area is 179 Å². The zero-order valence-corrected chi connectivity index (χ0v) is 18.9. The Kier molecular flexibility index (Phi) is 7.48. The molecule has 6 heteroatoms. The Morgan fingerprint density at radius 3 is 1.97 bits per heavy atom. The fourth-order valence-electron chi connectivity index (χ4n) is 3.22. The first-order valence-corrected chi connectivity index (χ1v) is 10.3. The highest BCUT2D eigenvalue weighted by molar-refractivity contribution is 5.52. The van der Waals surface area contributed by atoms with Crippen LogP contribution in [0.25, 0.3) is 0 Å². The maximum Gasteiger partial charge on any atom is 0.269 e. The molecule has 2 aromatic carbocycles. The first kappa shape index (κ1) is 23.7. The summed E-state index contributed by atoms with van der Waals surface area (Å²) >= 11 is 0. The molecule has 0 heterocycles. The van der Waals surface area contributed by atoms with Crippen LogP contribution in [0.2, 0.25) is 0 Å². The summed E-state index contributed by atoms with van der Waals surface area (Å²) in [5.74, 6) is 1.11. The van der Waals surface area contributed by atoms with E-state index in [1.54, 1.807) is 12.1 Å². The molecule has 2 rings (SSSR count). The molecule has 0 aliphatic rings. The molecule has 0 aromatic heterocycles. The third kappa shape index (κ3) is 6.46. The molecule has 30 heavy (non-hydrogen) atoms. The van der Waals surface area contributed by atoms with Crippen LogP contribution in [0.3, 0.4) is 0 Å². The summed E-state index contributed by atoms with van der Waals surface area (Å²) in [6, 6.07) is 10.5. The van der Waals surface area contributed by atoms with E-state index in [2.05, 4.69) is 46.9 Å². The molecular formula is C24H34N2O4. The van der Waals surface area contributed by atoms with Gasteiger partial charge in [-0.1, -0.05) is 53.7 Å². The Morgan fingerprint density at radius 1 is 0.967 bits per heavy atom. The number of aromatic hydroxyl groups is 1. The molecule has 2 aromatic rings. The van der Waals surface area contributed by atoms with Gasteiger partial charge in [0.05, 0.1) is 4.92 Å². The van der Waals surface area contributed by atoms with E-state index >= 15 is 0 Å². The van der Waals surface area contributed by atoms with Crippen molar-refractivity contribution in [3.05, 3.63) is 63.2 Å². The number of hydrogen-bond acceptors (Lipinski definition) is 5. The Balaban J connectivity index is 1.90. The largest absolute Gasteiger partial charge is 0.507 e. The normalized spacial score (nSPS) is 12.1. The van der Waals surface area contributed by atoms with Crippen molar-refractivity contribution in [1.82, 2.24) is 5.32 Å². The van der Waals surface area contributed by atoms with E-state index < -0.39 is 4.92 Å². The van der Waals surface area contributed by atoms with Gasteiger partial charge in [-0.05, 0) is 41.5 Å². The van der Waals surface area contributed by atoms with Gasteiger partial charge < -0.3 is 15.2 Å². The first-order valence-electron chi connectivity index (χ1n) is 10.3. The van der Waals surface area contributed by atoms with Crippen molar-refractivity contribution in [3.8, 4) is 11.5 Å². The number of benzene rings is 2. The van der Waals surface area contributed by atoms with Gasteiger partial charge >= 0.3 is 0 Å². The molecule has 0 radical (unpaired) electrons. The molecule has 164 valence electrons. The van der Waals surface area contributed by atoms with Gasteiger partial charge in [0.2, 0.25) is 0 Å². The summed E-state index contributed by atoms with van der Waals surface area (Å²) in [6.45, 7) is 14.4. The molecule has 0 aliphatic carbocycles. The highest BCUT2D eigenvalue weighted by Gasteiger charge is 2.26. The number of nitro groups is 1. The third-order valence-corrected chi connectivity index (χ3v) is 4.98. The molecule has 0 saturated carbocycles. The van der Waals surface area contributed by atoms with Gasteiger partial charge in [0.25, 0.3) is 5.69 Å². The molecule has 0 spiro atoms. The van der Waals surface area contributed by atoms with Gasteiger partial charge in [-0.15, -0.1) is 0 Å². The van der Waals surface area contributed by atoms with E-state index in [1.807, 2.05) is 12.1 Å². The summed E-state index contributed by atoms with van der Waals surface area (Å²) in [4.78, 5) is 10.3. The van der Waals surface area contributed by atoms with Crippen LogP contribution in [0.15, 0.2) is 36.4 Å². The number of non-ortho nitro benzene ring substituents is 1. The van der Waals surface area contributed by atoms with E-state index in [9.17, 15) is 15.2 Å². The maximum absolute atomic E-state index is 10.8. The minimum absolute atomic E-state index is 0.109. The van der Waals surface area contributed by atoms with Crippen LogP contribution in [0.5, 0.6) is 11.5 Å². The van der Waals surface area contributed by atoms with Crippen LogP contribution in [-0.2, 0) is 17.3 Å². The van der Waals surface area contributed by atoms with Gasteiger partial charge in [0.1, 0.15) is 18.1 Å². The SMILES string of the molecule is CC(C)(C)c1cc(OCCNCCc2ccc([N+](=O)[O-])cc2)cc(C(C)(C)C)c1O. The maximum atomic E-state index is 10.8. The number of rotatable bonds is 8. The molecule has 0 atom stereocenters. The van der Waals surface area contributed by atoms with Crippen molar-refractivity contribution < 1.29 is 14.8 Å². The highest BCUT2D eigenvalue weighted by Crippen LogP contribution is 2.41. The van der Waals surface area contributed by atoms with Gasteiger partial charge in [-0.25, -0.2) is 0 Å². The van der Waals surface area contributed by atoms with Crippen LogP contribution in [0, 0.1) is 10.1 Å². The van der Waals surface area contributed by atoms with E-state index in [0.29, 0.717) is 18.9 Å². The van der Waals surface area contributed by atoms with Crippen molar-refractivity contribution in [3.63, 3.8) is 0 Å². The predicted octanol–water partition coefficient (Wildman–Crippen LogP) is 5.11. The highest BCUT2D eigenvalue weighted by atomic mass is 16.6. The molecule has 0 unspecified atom stereocenters. The molecule has 0 fully saturated rings. The minimum atomic E-state index is -0.390. The molecule has 0 amide bonds. The van der Waals surface area contributed by atoms with E-state index in [1.165, 1.54) is 12.1 Å². The van der Waals surface area contributed by atoms with E-state index in [0.717, 1.165) is 35.4 Å². The summed E-state index contributed by atoms with van der Waals surface area (Å²) in [7, 11) is 0. The standard InChI is InChI=1S/C24H34N2O4/c1-23(2,3)20-15-19(16-21(22(20)27)24(4,5)6)30-14-13-25-12-11-17-7-9-18(10-8-17)26(28)29/h7-10,15-16,25,27H,11-14H2,1-6H3. The van der Waals surface area contributed by atoms with Crippen LogP contribution in [0.1, 0.15) is 58.2 Å². The van der Waals surface area contributed by atoms with Crippen LogP contribution in [0.4, 0.5) is 5.69 Å². The number of phenols is 1. The summed E-state index contributed by atoms with van der Waals surface area (Å²) < 4.78 is 5.98. The van der Waals surface area contributed by atoms with Crippen molar-refractivity contribution >= 4 is 5.69 Å². The minimum Gasteiger partial charge on any atom is -0.507 e. The number of hydrogen-bond donors (Lipinski definition) is 2. The zero-order chi connectivity index (χ0) is 22.5. The number of phenolic OH excluding ortho intramolecular Hbond substituents is 1. The lowest BCUT2D eigenvalue weighted by atomic mass is 9.79. The number of ether oxygens (including phenoxy) is 1. The quantitative estimate of drug-likeness (QED) is 0.356. The van der Waals surface area contributed by atoms with Crippen molar-refractivity contribution in [2.24, 2.45) is 0 Å². The average molecular weight is 415 g/mol. The lowest BCUT2D eigenvalue weighted by molar-refractivity contribution is -0.384. The molecular weight excluding hydrogens is 380 g/mol. The molecule has 0 saturated heterocycles. The van der Waals surface area contributed by atoms with Crippen molar-refractivity contribution in [1.29, 1.82) is 0 Å². The van der Waals surface area contributed by atoms with E-state index in [4.69, 9.17) is 4.74 Å². The smallest absolute Gasteiger partial charge is 0.269 e. The average Bonchev–Trinajstić information content (AvgIpc) is 2.64. The first-order chi connectivity index (χ1) is 13.9. The number of nitrogens with zero attached hydrogens (tertiary/aromatic N) is 1. The third-order valence-electron chi connectivity index (χ3n) is 4.98. The van der Waals surface area contributed by atoms with Crippen molar-refractivity contribution in [2.45, 2.75) is 58.8 Å². The summed E-state index contributed by atoms with van der Waals surface area (Å²) in [5, 5.41) is 24.8. The Bertz CT molecular complexity index is 827. The Morgan fingerprint density at radius 2 is 1.50 bits per heavy atom. The fourth-order valence-corrected chi connectivity index (χ4v) is 3.22. The second-order valence-electron chi connectivity index (χ2n) is 9.64. The monoisotopic (exact) mass is 414 g/mol. The topological polar surface area (TPSA) is 84.6 Å². The summed E-state index contributed by atoms with van der Waals surface area (Å²) in [6.07, 6.45) is 0.791. The fraction of sp³-hybridized carbons (Fsp3) is 0.500.